The van der Waals surface area contributed by atoms with Gasteiger partial charge in [-0.25, -0.2) is 81.8 Å². The van der Waals surface area contributed by atoms with E-state index in [1.54, 1.807) is 41.4 Å². The number of carbonyl (C=O) groups excluding carboxylic acids is 1. The molecule has 4 N–H and O–H groups in total. The lowest BCUT2D eigenvalue weighted by atomic mass is 10.1. The third-order valence-electron chi connectivity index (χ3n) is 12.9. The number of amides is 1. The van der Waals surface area contributed by atoms with E-state index >= 15 is 0 Å². The minimum absolute atomic E-state index is 0.106. The Hall–Kier alpha value is -9.32. The molecule has 10 heterocycles. The van der Waals surface area contributed by atoms with Crippen molar-refractivity contribution in [3.63, 3.8) is 0 Å². The molecule has 404 valence electrons. The first-order valence-corrected chi connectivity index (χ1v) is 23.6. The van der Waals surface area contributed by atoms with Crippen LogP contribution in [0.2, 0.25) is 0 Å². The molecule has 2 aliphatic rings. The quantitative estimate of drug-likeness (QED) is 0.174. The van der Waals surface area contributed by atoms with Crippen molar-refractivity contribution < 1.29 is 32.3 Å². The molecule has 2 fully saturated rings. The number of aliphatic carboxylic acids is 1. The molecule has 27 nitrogen and oxygen atoms in total. The van der Waals surface area contributed by atoms with Crippen molar-refractivity contribution >= 4 is 57.7 Å². The van der Waals surface area contributed by atoms with Gasteiger partial charge in [-0.3, -0.25) is 32.7 Å². The SMILES string of the molecule is C[C@@H](C(=O)Nc1ccnc(-c2cnc(N3CCC(F)(F)CC3)nc2)n1)n1cnc2c1c(=O)n(C)c(=O)n2C.C[C@@H](C(=O)O)n1cnc2c1c(=O)n(C)c(=O)n2C.Nc1ccnc(-c2cnc(N3CCC(F)(F)CC3)nc2)n1. The summed E-state index contributed by atoms with van der Waals surface area (Å²) in [7, 11) is 5.67. The highest BCUT2D eigenvalue weighted by Gasteiger charge is 2.36. The normalized spacial score (nSPS) is 15.7. The van der Waals surface area contributed by atoms with E-state index in [2.05, 4.69) is 55.2 Å². The van der Waals surface area contributed by atoms with Gasteiger partial charge in [0.2, 0.25) is 17.8 Å². The molecule has 31 heteroatoms. The van der Waals surface area contributed by atoms with Gasteiger partial charge >= 0.3 is 17.3 Å². The van der Waals surface area contributed by atoms with Crippen molar-refractivity contribution in [1.82, 2.24) is 77.2 Å². The molecule has 0 saturated carbocycles. The molecule has 0 aliphatic carbocycles. The number of hydrogen-bond donors (Lipinski definition) is 3. The molecule has 0 unspecified atom stereocenters. The number of nitrogen functional groups attached to an aromatic ring is 1. The first kappa shape index (κ1) is 54.0. The lowest BCUT2D eigenvalue weighted by Gasteiger charge is -2.31. The highest BCUT2D eigenvalue weighted by atomic mass is 19.3. The number of carbonyl (C=O) groups is 2. The lowest BCUT2D eigenvalue weighted by Crippen LogP contribution is -2.40. The molecule has 0 aromatic carbocycles. The zero-order valence-corrected chi connectivity index (χ0v) is 42.1. The number of rotatable bonds is 9. The third-order valence-corrected chi connectivity index (χ3v) is 12.9. The first-order chi connectivity index (χ1) is 36.4. The van der Waals surface area contributed by atoms with Crippen LogP contribution in [0.1, 0.15) is 51.6 Å². The Labute approximate surface area is 431 Å². The summed E-state index contributed by atoms with van der Waals surface area (Å²) in [6, 6.07) is 1.31. The fourth-order valence-corrected chi connectivity index (χ4v) is 8.14. The van der Waals surface area contributed by atoms with Gasteiger partial charge in [0.25, 0.3) is 23.0 Å². The van der Waals surface area contributed by atoms with Crippen LogP contribution in [0.4, 0.5) is 41.1 Å². The number of aryl methyl sites for hydroxylation is 2. The summed E-state index contributed by atoms with van der Waals surface area (Å²) in [4.78, 5) is 118. The van der Waals surface area contributed by atoms with E-state index in [1.807, 2.05) is 0 Å². The van der Waals surface area contributed by atoms with Gasteiger partial charge in [-0.05, 0) is 26.0 Å². The summed E-state index contributed by atoms with van der Waals surface area (Å²) in [5.41, 5.74) is 5.14. The molecule has 1 amide bonds. The number of piperidine rings is 2. The minimum Gasteiger partial charge on any atom is -0.480 e. The number of nitrogens with one attached hydrogen (secondary N) is 1. The van der Waals surface area contributed by atoms with Crippen molar-refractivity contribution in [2.75, 3.05) is 47.0 Å². The van der Waals surface area contributed by atoms with Gasteiger partial charge in [0.1, 0.15) is 23.7 Å². The highest BCUT2D eigenvalue weighted by Crippen LogP contribution is 2.31. The molecule has 0 radical (unpaired) electrons. The van der Waals surface area contributed by atoms with Crippen LogP contribution < -0.4 is 43.3 Å². The molecule has 0 bridgehead atoms. The number of carboxylic acid groups (broad SMARTS) is 1. The van der Waals surface area contributed by atoms with Crippen LogP contribution in [-0.2, 0) is 37.8 Å². The van der Waals surface area contributed by atoms with E-state index in [0.717, 1.165) is 9.13 Å². The summed E-state index contributed by atoms with van der Waals surface area (Å²) in [5.74, 6) is -4.74. The zero-order chi connectivity index (χ0) is 55.7. The van der Waals surface area contributed by atoms with Crippen LogP contribution >= 0.6 is 0 Å². The molecular formula is C46H50F4N20O7. The number of carboxylic acids is 1. The fraction of sp³-hybridized carbons (Fsp3) is 0.391. The van der Waals surface area contributed by atoms with Gasteiger partial charge in [0, 0.05) is 117 Å². The van der Waals surface area contributed by atoms with Crippen LogP contribution in [0.25, 0.3) is 45.1 Å². The number of imidazole rings is 2. The predicted octanol–water partition coefficient (Wildman–Crippen LogP) is 1.95. The summed E-state index contributed by atoms with van der Waals surface area (Å²) < 4.78 is 60.1. The number of alkyl halides is 4. The largest absolute Gasteiger partial charge is 0.480 e. The molecule has 77 heavy (non-hydrogen) atoms. The summed E-state index contributed by atoms with van der Waals surface area (Å²) in [6.07, 6.45) is 10.9. The standard InChI is InChI=1S/C23H24F2N10O3.C13H14F2N6.C10H12N4O4/c1-13(35-12-29-18-16(35)20(37)33(3)22(38)32(18)2)19(36)31-15-4-7-26-17(30-15)14-10-27-21(28-11-14)34-8-5-23(24,25)6-9-34;14-13(15)2-5-21(6-3-13)12-18-7-9(8-19-12)11-17-4-1-10(16)20-11;1-5(9(16)17)14-4-11-7-6(14)8(15)13(3)10(18)12(7)2/h4,7,10-13H,5-6,8-9H2,1-3H3,(H,26,30,31,36);1,4,7-8H,2-3,5-6H2,(H2,16,17,20);4-5H,1-3H3,(H,16,17)/t13-;;5-/m0.0/s1. The Kier molecular flexibility index (Phi) is 15.1. The number of fused-ring (bicyclic) bond motifs is 2. The van der Waals surface area contributed by atoms with Crippen LogP contribution in [0, 0.1) is 0 Å². The van der Waals surface area contributed by atoms with E-state index in [-0.39, 0.29) is 85.8 Å². The summed E-state index contributed by atoms with van der Waals surface area (Å²) >= 11 is 0. The summed E-state index contributed by atoms with van der Waals surface area (Å²) in [5, 5.41) is 11.7. The molecule has 2 aliphatic heterocycles. The van der Waals surface area contributed by atoms with Gasteiger partial charge < -0.3 is 35.1 Å². The van der Waals surface area contributed by atoms with E-state index in [4.69, 9.17) is 10.8 Å². The maximum absolute atomic E-state index is 13.4. The van der Waals surface area contributed by atoms with Crippen LogP contribution in [0.3, 0.4) is 0 Å². The van der Waals surface area contributed by atoms with Crippen molar-refractivity contribution in [2.45, 2.75) is 63.5 Å². The molecule has 8 aromatic heterocycles. The Morgan fingerprint density at radius 2 is 1.00 bits per heavy atom. The maximum Gasteiger partial charge on any atom is 0.332 e. The monoisotopic (exact) mass is 1070 g/mol. The number of halogens is 4. The van der Waals surface area contributed by atoms with E-state index in [9.17, 15) is 46.3 Å². The fourth-order valence-electron chi connectivity index (χ4n) is 8.14. The van der Waals surface area contributed by atoms with Crippen LogP contribution in [0.5, 0.6) is 0 Å². The average Bonchev–Trinajstić information content (AvgIpc) is 4.18. The predicted molar refractivity (Wildman–Crippen MR) is 269 cm³/mol. The van der Waals surface area contributed by atoms with E-state index < -0.39 is 58.3 Å². The second kappa shape index (κ2) is 21.5. The van der Waals surface area contributed by atoms with Gasteiger partial charge in [-0.1, -0.05) is 0 Å². The van der Waals surface area contributed by atoms with Gasteiger partial charge in [0.05, 0.1) is 23.8 Å². The van der Waals surface area contributed by atoms with Gasteiger partial charge in [-0.15, -0.1) is 0 Å². The van der Waals surface area contributed by atoms with Crippen LogP contribution in [0.15, 0.2) is 81.1 Å². The zero-order valence-electron chi connectivity index (χ0n) is 42.1. The van der Waals surface area contributed by atoms with Gasteiger partial charge in [-0.2, -0.15) is 0 Å². The van der Waals surface area contributed by atoms with Crippen molar-refractivity contribution in [3.8, 4) is 22.8 Å². The summed E-state index contributed by atoms with van der Waals surface area (Å²) in [6.45, 7) is 3.86. The third kappa shape index (κ3) is 11.4. The maximum atomic E-state index is 13.4. The molecule has 2 atom stereocenters. The second-order valence-corrected chi connectivity index (χ2v) is 18.0. The first-order valence-electron chi connectivity index (χ1n) is 23.6. The molecule has 8 aromatic rings. The molecule has 0 spiro atoms. The molecule has 10 rings (SSSR count). The number of nitrogens with zero attached hydrogens (tertiary/aromatic N) is 18. The highest BCUT2D eigenvalue weighted by molar-refractivity contribution is 5.93. The Morgan fingerprint density at radius 1 is 0.597 bits per heavy atom. The van der Waals surface area contributed by atoms with Crippen molar-refractivity contribution in [1.29, 1.82) is 0 Å². The molecular weight excluding hydrogens is 1020 g/mol. The Bertz CT molecular complexity index is 3740. The second-order valence-electron chi connectivity index (χ2n) is 18.0. The Morgan fingerprint density at radius 3 is 1.42 bits per heavy atom. The lowest BCUT2D eigenvalue weighted by molar-refractivity contribution is -0.140. The van der Waals surface area contributed by atoms with Crippen LogP contribution in [-0.4, -0.2) is 132 Å². The van der Waals surface area contributed by atoms with E-state index in [0.29, 0.717) is 34.7 Å². The minimum atomic E-state index is -2.66. The van der Waals surface area contributed by atoms with Crippen molar-refractivity contribution in [2.24, 2.45) is 28.2 Å². The number of nitrogens with two attached hydrogens (primary N) is 1. The average molecular weight is 1070 g/mol. The van der Waals surface area contributed by atoms with E-state index in [1.165, 1.54) is 90.7 Å². The number of hydrogen-bond acceptors (Lipinski definition) is 19. The molecule has 2 saturated heterocycles. The number of anilines is 4. The topological polar surface area (TPSA) is 326 Å². The Balaban J connectivity index is 0.000000169. The smallest absolute Gasteiger partial charge is 0.332 e. The van der Waals surface area contributed by atoms with Crippen molar-refractivity contribution in [3.05, 3.63) is 104 Å². The van der Waals surface area contributed by atoms with Gasteiger partial charge in [0.15, 0.2) is 34.0 Å². The number of aromatic nitrogens is 16.